The molecule has 2 bridgehead atoms. The van der Waals surface area contributed by atoms with Crippen LogP contribution in [-0.2, 0) is 4.79 Å². The summed E-state index contributed by atoms with van der Waals surface area (Å²) in [4.78, 5) is 14.7. The standard InChI is InChI=1S/C13H21N3OS/c17-9-15-3-5-16(6-4-15)13(18)14-12-8-10-1-2-11(12)7-10/h9-12H,1-8H2,(H,14,18)/t10-,11+,12-/m0/s1. The summed E-state index contributed by atoms with van der Waals surface area (Å²) in [5, 5.41) is 4.46. The van der Waals surface area contributed by atoms with Crippen LogP contribution in [0, 0.1) is 11.8 Å². The third-order valence-electron chi connectivity index (χ3n) is 4.80. The minimum Gasteiger partial charge on any atom is -0.360 e. The van der Waals surface area contributed by atoms with Gasteiger partial charge in [-0.1, -0.05) is 6.42 Å². The number of piperazine rings is 1. The average Bonchev–Trinajstić information content (AvgIpc) is 3.01. The van der Waals surface area contributed by atoms with Crippen molar-refractivity contribution in [2.24, 2.45) is 11.8 Å². The van der Waals surface area contributed by atoms with Crippen LogP contribution >= 0.6 is 12.2 Å². The molecule has 4 nitrogen and oxygen atoms in total. The van der Waals surface area contributed by atoms with Crippen molar-refractivity contribution in [2.75, 3.05) is 26.2 Å². The highest BCUT2D eigenvalue weighted by molar-refractivity contribution is 7.80. The summed E-state index contributed by atoms with van der Waals surface area (Å²) in [5.41, 5.74) is 0. The number of carbonyl (C=O) groups excluding carboxylic acids is 1. The molecule has 2 aliphatic carbocycles. The van der Waals surface area contributed by atoms with Gasteiger partial charge in [0.15, 0.2) is 5.11 Å². The van der Waals surface area contributed by atoms with Crippen LogP contribution in [0.3, 0.4) is 0 Å². The number of thiocarbonyl (C=S) groups is 1. The van der Waals surface area contributed by atoms with Gasteiger partial charge in [0.25, 0.3) is 0 Å². The Morgan fingerprint density at radius 2 is 1.94 bits per heavy atom. The summed E-state index contributed by atoms with van der Waals surface area (Å²) in [6.07, 6.45) is 6.44. The lowest BCUT2D eigenvalue weighted by molar-refractivity contribution is -0.119. The molecule has 1 saturated heterocycles. The number of fused-ring (bicyclic) bond motifs is 2. The van der Waals surface area contributed by atoms with E-state index >= 15 is 0 Å². The van der Waals surface area contributed by atoms with E-state index < -0.39 is 0 Å². The summed E-state index contributed by atoms with van der Waals surface area (Å²) >= 11 is 5.51. The van der Waals surface area contributed by atoms with Gasteiger partial charge in [0.2, 0.25) is 6.41 Å². The van der Waals surface area contributed by atoms with Crippen molar-refractivity contribution < 1.29 is 4.79 Å². The van der Waals surface area contributed by atoms with Gasteiger partial charge in [0.1, 0.15) is 0 Å². The molecule has 3 rings (SSSR count). The number of hydrogen-bond donors (Lipinski definition) is 1. The first-order valence-electron chi connectivity index (χ1n) is 7.01. The van der Waals surface area contributed by atoms with Crippen LogP contribution in [-0.4, -0.2) is 53.5 Å². The van der Waals surface area contributed by atoms with Gasteiger partial charge in [-0.3, -0.25) is 4.79 Å². The third kappa shape index (κ3) is 2.32. The van der Waals surface area contributed by atoms with Crippen molar-refractivity contribution >= 4 is 23.7 Å². The Kier molecular flexibility index (Phi) is 3.41. The molecule has 0 aromatic rings. The lowest BCUT2D eigenvalue weighted by Crippen LogP contribution is -2.53. The van der Waals surface area contributed by atoms with E-state index in [0.29, 0.717) is 6.04 Å². The molecule has 5 heteroatoms. The minimum atomic E-state index is 0.611. The van der Waals surface area contributed by atoms with Crippen LogP contribution < -0.4 is 5.32 Å². The van der Waals surface area contributed by atoms with E-state index in [2.05, 4.69) is 10.2 Å². The third-order valence-corrected chi connectivity index (χ3v) is 5.17. The Morgan fingerprint density at radius 3 is 2.50 bits per heavy atom. The molecular weight excluding hydrogens is 246 g/mol. The molecule has 18 heavy (non-hydrogen) atoms. The monoisotopic (exact) mass is 267 g/mol. The molecule has 1 aliphatic heterocycles. The van der Waals surface area contributed by atoms with Crippen molar-refractivity contribution in [3.05, 3.63) is 0 Å². The normalized spacial score (nSPS) is 34.8. The second-order valence-corrected chi connectivity index (χ2v) is 6.25. The summed E-state index contributed by atoms with van der Waals surface area (Å²) in [6.45, 7) is 3.32. The summed E-state index contributed by atoms with van der Waals surface area (Å²) in [6, 6.07) is 0.611. The molecule has 0 aromatic carbocycles. The first-order valence-corrected chi connectivity index (χ1v) is 7.42. The van der Waals surface area contributed by atoms with Crippen LogP contribution in [0.1, 0.15) is 25.7 Å². The first-order chi connectivity index (χ1) is 8.76. The van der Waals surface area contributed by atoms with E-state index in [0.717, 1.165) is 49.5 Å². The maximum absolute atomic E-state index is 10.7. The van der Waals surface area contributed by atoms with Crippen LogP contribution in [0.25, 0.3) is 0 Å². The van der Waals surface area contributed by atoms with Crippen molar-refractivity contribution in [2.45, 2.75) is 31.7 Å². The smallest absolute Gasteiger partial charge is 0.209 e. The van der Waals surface area contributed by atoms with Gasteiger partial charge in [-0.05, 0) is 43.3 Å². The topological polar surface area (TPSA) is 35.6 Å². The molecule has 1 N–H and O–H groups in total. The summed E-state index contributed by atoms with van der Waals surface area (Å²) in [7, 11) is 0. The molecule has 0 aromatic heterocycles. The minimum absolute atomic E-state index is 0.611. The van der Waals surface area contributed by atoms with Crippen LogP contribution in [0.15, 0.2) is 0 Å². The molecule has 100 valence electrons. The van der Waals surface area contributed by atoms with Crippen LogP contribution in [0.4, 0.5) is 0 Å². The molecule has 0 unspecified atom stereocenters. The zero-order valence-electron chi connectivity index (χ0n) is 10.7. The van der Waals surface area contributed by atoms with E-state index in [1.165, 1.54) is 25.7 Å². The van der Waals surface area contributed by atoms with Gasteiger partial charge in [0, 0.05) is 32.2 Å². The van der Waals surface area contributed by atoms with Gasteiger partial charge >= 0.3 is 0 Å². The van der Waals surface area contributed by atoms with Crippen molar-refractivity contribution in [3.63, 3.8) is 0 Å². The molecule has 3 fully saturated rings. The molecule has 3 atom stereocenters. The summed E-state index contributed by atoms with van der Waals surface area (Å²) < 4.78 is 0. The molecule has 0 spiro atoms. The Morgan fingerprint density at radius 1 is 1.17 bits per heavy atom. The van der Waals surface area contributed by atoms with Gasteiger partial charge in [-0.25, -0.2) is 0 Å². The Labute approximate surface area is 114 Å². The van der Waals surface area contributed by atoms with Crippen LogP contribution in [0.5, 0.6) is 0 Å². The maximum atomic E-state index is 10.7. The highest BCUT2D eigenvalue weighted by atomic mass is 32.1. The average molecular weight is 267 g/mol. The Balaban J connectivity index is 1.48. The lowest BCUT2D eigenvalue weighted by Gasteiger charge is -2.36. The lowest BCUT2D eigenvalue weighted by atomic mass is 9.95. The van der Waals surface area contributed by atoms with E-state index in [1.807, 2.05) is 4.90 Å². The van der Waals surface area contributed by atoms with E-state index in [4.69, 9.17) is 12.2 Å². The van der Waals surface area contributed by atoms with Crippen molar-refractivity contribution in [1.82, 2.24) is 15.1 Å². The second-order valence-electron chi connectivity index (χ2n) is 5.86. The number of rotatable bonds is 2. The van der Waals surface area contributed by atoms with Gasteiger partial charge in [-0.2, -0.15) is 0 Å². The number of carbonyl (C=O) groups is 1. The van der Waals surface area contributed by atoms with E-state index in [1.54, 1.807) is 0 Å². The molecule has 1 amide bonds. The largest absolute Gasteiger partial charge is 0.360 e. The zero-order chi connectivity index (χ0) is 12.5. The molecule has 3 aliphatic rings. The Hall–Kier alpha value is -0.840. The zero-order valence-corrected chi connectivity index (χ0v) is 11.5. The van der Waals surface area contributed by atoms with E-state index in [9.17, 15) is 4.79 Å². The molecular formula is C13H21N3OS. The van der Waals surface area contributed by atoms with Gasteiger partial charge < -0.3 is 15.1 Å². The number of amides is 1. The maximum Gasteiger partial charge on any atom is 0.209 e. The molecule has 2 saturated carbocycles. The molecule has 1 heterocycles. The Bertz CT molecular complexity index is 341. The first kappa shape index (κ1) is 12.2. The quantitative estimate of drug-likeness (QED) is 0.594. The number of nitrogens with zero attached hydrogens (tertiary/aromatic N) is 2. The highest BCUT2D eigenvalue weighted by Gasteiger charge is 2.40. The van der Waals surface area contributed by atoms with E-state index in [-0.39, 0.29) is 0 Å². The fourth-order valence-electron chi connectivity index (χ4n) is 3.70. The van der Waals surface area contributed by atoms with Gasteiger partial charge in [-0.15, -0.1) is 0 Å². The second kappa shape index (κ2) is 5.03. The van der Waals surface area contributed by atoms with Gasteiger partial charge in [0.05, 0.1) is 0 Å². The predicted octanol–water partition coefficient (Wildman–Crippen LogP) is 0.823. The van der Waals surface area contributed by atoms with Crippen LogP contribution in [0.2, 0.25) is 0 Å². The SMILES string of the molecule is O=CN1CCN(C(=S)N[C@H]2C[C@H]3CC[C@@H]2C3)CC1. The predicted molar refractivity (Wildman–Crippen MR) is 74.2 cm³/mol. The van der Waals surface area contributed by atoms with Crippen molar-refractivity contribution in [3.8, 4) is 0 Å². The fraction of sp³-hybridized carbons (Fsp3) is 0.846. The fourth-order valence-corrected chi connectivity index (χ4v) is 4.04. The van der Waals surface area contributed by atoms with Crippen molar-refractivity contribution in [1.29, 1.82) is 0 Å². The highest BCUT2D eigenvalue weighted by Crippen LogP contribution is 2.44. The number of hydrogen-bond acceptors (Lipinski definition) is 2. The summed E-state index contributed by atoms with van der Waals surface area (Å²) in [5.74, 6) is 1.80. The molecule has 0 radical (unpaired) electrons. The number of nitrogens with one attached hydrogen (secondary N) is 1.